The van der Waals surface area contributed by atoms with E-state index in [-0.39, 0.29) is 6.61 Å². The summed E-state index contributed by atoms with van der Waals surface area (Å²) in [6.07, 6.45) is 0. The zero-order valence-corrected chi connectivity index (χ0v) is 13.6. The molecule has 0 saturated heterocycles. The number of aliphatic carboxylic acids is 1. The van der Waals surface area contributed by atoms with Crippen molar-refractivity contribution in [2.24, 2.45) is 0 Å². The predicted molar refractivity (Wildman–Crippen MR) is 85.9 cm³/mol. The van der Waals surface area contributed by atoms with E-state index < -0.39 is 11.9 Å². The van der Waals surface area contributed by atoms with E-state index in [0.29, 0.717) is 5.75 Å². The van der Waals surface area contributed by atoms with Gasteiger partial charge in [-0.25, -0.2) is 0 Å². The average molecular weight is 349 g/mol. The highest BCUT2D eigenvalue weighted by molar-refractivity contribution is 9.10. The molecule has 0 aliphatic heterocycles. The number of ether oxygens (including phenoxy) is 1. The van der Waals surface area contributed by atoms with Crippen molar-refractivity contribution in [1.29, 1.82) is 0 Å². The second-order valence-corrected chi connectivity index (χ2v) is 5.78. The number of carboxylic acid groups (broad SMARTS) is 1. The van der Waals surface area contributed by atoms with Crippen molar-refractivity contribution >= 4 is 21.9 Å². The maximum atomic E-state index is 11.4. The summed E-state index contributed by atoms with van der Waals surface area (Å²) < 4.78 is 6.75. The summed E-state index contributed by atoms with van der Waals surface area (Å²) in [7, 11) is 0. The molecule has 4 heteroatoms. The van der Waals surface area contributed by atoms with Crippen molar-refractivity contribution in [3.63, 3.8) is 0 Å². The van der Waals surface area contributed by atoms with Gasteiger partial charge in [-0.05, 0) is 42.7 Å². The monoisotopic (exact) mass is 348 g/mol. The molecule has 2 aromatic rings. The van der Waals surface area contributed by atoms with Crippen LogP contribution in [0.1, 0.15) is 22.6 Å². The van der Waals surface area contributed by atoms with E-state index in [2.05, 4.69) is 15.9 Å². The minimum atomic E-state index is -0.883. The lowest BCUT2D eigenvalue weighted by molar-refractivity contribution is -0.139. The standard InChI is InChI=1S/C17H17BrO3/c1-11-8-14(9-12(2)16(11)18)21-10-15(17(19)20)13-6-4-3-5-7-13/h3-9,15H,10H2,1-2H3,(H,19,20). The number of benzene rings is 2. The molecule has 0 aliphatic carbocycles. The summed E-state index contributed by atoms with van der Waals surface area (Å²) in [5, 5.41) is 9.37. The molecule has 0 heterocycles. The number of carbonyl (C=O) groups is 1. The van der Waals surface area contributed by atoms with E-state index in [0.717, 1.165) is 21.2 Å². The van der Waals surface area contributed by atoms with E-state index >= 15 is 0 Å². The smallest absolute Gasteiger partial charge is 0.314 e. The number of carboxylic acids is 1. The number of hydrogen-bond donors (Lipinski definition) is 1. The fourth-order valence-corrected chi connectivity index (χ4v) is 2.39. The van der Waals surface area contributed by atoms with Crippen molar-refractivity contribution in [2.45, 2.75) is 19.8 Å². The number of halogens is 1. The molecular weight excluding hydrogens is 332 g/mol. The lowest BCUT2D eigenvalue weighted by Crippen LogP contribution is -2.19. The molecule has 1 atom stereocenters. The summed E-state index contributed by atoms with van der Waals surface area (Å²) in [6, 6.07) is 12.9. The molecule has 3 nitrogen and oxygen atoms in total. The third-order valence-corrected chi connectivity index (χ3v) is 4.58. The Morgan fingerprint density at radius 3 is 2.29 bits per heavy atom. The Kier molecular flexibility index (Phi) is 5.02. The summed E-state index contributed by atoms with van der Waals surface area (Å²) in [4.78, 5) is 11.4. The summed E-state index contributed by atoms with van der Waals surface area (Å²) >= 11 is 3.50. The van der Waals surface area contributed by atoms with Gasteiger partial charge in [-0.2, -0.15) is 0 Å². The zero-order valence-electron chi connectivity index (χ0n) is 12.0. The van der Waals surface area contributed by atoms with Gasteiger partial charge in [-0.1, -0.05) is 46.3 Å². The van der Waals surface area contributed by atoms with Crippen molar-refractivity contribution < 1.29 is 14.6 Å². The summed E-state index contributed by atoms with van der Waals surface area (Å²) in [6.45, 7) is 4.07. The second kappa shape index (κ2) is 6.76. The minimum absolute atomic E-state index is 0.111. The Morgan fingerprint density at radius 1 is 1.19 bits per heavy atom. The molecule has 110 valence electrons. The molecule has 0 amide bonds. The van der Waals surface area contributed by atoms with Crippen molar-refractivity contribution in [1.82, 2.24) is 0 Å². The van der Waals surface area contributed by atoms with Crippen molar-refractivity contribution in [3.8, 4) is 5.75 Å². The van der Waals surface area contributed by atoms with Crippen LogP contribution >= 0.6 is 15.9 Å². The SMILES string of the molecule is Cc1cc(OCC(C(=O)O)c2ccccc2)cc(C)c1Br. The normalized spacial score (nSPS) is 12.0. The van der Waals surface area contributed by atoms with Gasteiger partial charge >= 0.3 is 5.97 Å². The van der Waals surface area contributed by atoms with Crippen LogP contribution in [0.5, 0.6) is 5.75 Å². The molecule has 0 fully saturated rings. The van der Waals surface area contributed by atoms with Crippen LogP contribution in [0, 0.1) is 13.8 Å². The number of aryl methyl sites for hydroxylation is 2. The third-order valence-electron chi connectivity index (χ3n) is 3.33. The molecule has 1 N–H and O–H groups in total. The first-order chi connectivity index (χ1) is 9.99. The van der Waals surface area contributed by atoms with Crippen LogP contribution in [0.2, 0.25) is 0 Å². The van der Waals surface area contributed by atoms with Gasteiger partial charge in [0, 0.05) is 4.47 Å². The van der Waals surface area contributed by atoms with E-state index in [1.807, 2.05) is 44.2 Å². The molecule has 2 aromatic carbocycles. The maximum Gasteiger partial charge on any atom is 0.314 e. The maximum absolute atomic E-state index is 11.4. The van der Waals surface area contributed by atoms with Crippen molar-refractivity contribution in [2.75, 3.05) is 6.61 Å². The lowest BCUT2D eigenvalue weighted by atomic mass is 10.0. The first-order valence-electron chi connectivity index (χ1n) is 6.66. The Balaban J connectivity index is 2.15. The molecule has 0 spiro atoms. The highest BCUT2D eigenvalue weighted by Gasteiger charge is 2.20. The summed E-state index contributed by atoms with van der Waals surface area (Å²) in [5.41, 5.74) is 2.88. The molecule has 0 bridgehead atoms. The van der Waals surface area contributed by atoms with Crippen LogP contribution < -0.4 is 4.74 Å². The topological polar surface area (TPSA) is 46.5 Å². The van der Waals surface area contributed by atoms with Crippen molar-refractivity contribution in [3.05, 3.63) is 63.6 Å². The molecule has 0 aliphatic rings. The Morgan fingerprint density at radius 2 is 1.76 bits per heavy atom. The molecule has 21 heavy (non-hydrogen) atoms. The van der Waals surface area contributed by atoms with Gasteiger partial charge in [0.1, 0.15) is 18.3 Å². The van der Waals surface area contributed by atoms with Crippen LogP contribution in [0.4, 0.5) is 0 Å². The van der Waals surface area contributed by atoms with Gasteiger partial charge in [0.2, 0.25) is 0 Å². The van der Waals surface area contributed by atoms with Crippen LogP contribution in [-0.2, 0) is 4.79 Å². The number of hydrogen-bond acceptors (Lipinski definition) is 2. The molecule has 1 unspecified atom stereocenters. The minimum Gasteiger partial charge on any atom is -0.492 e. The van der Waals surface area contributed by atoms with Crippen LogP contribution in [0.3, 0.4) is 0 Å². The van der Waals surface area contributed by atoms with Gasteiger partial charge in [0.05, 0.1) is 0 Å². The lowest BCUT2D eigenvalue weighted by Gasteiger charge is -2.15. The fraction of sp³-hybridized carbons (Fsp3) is 0.235. The highest BCUT2D eigenvalue weighted by atomic mass is 79.9. The molecule has 0 aromatic heterocycles. The van der Waals surface area contributed by atoms with Crippen LogP contribution in [-0.4, -0.2) is 17.7 Å². The third kappa shape index (κ3) is 3.85. The average Bonchev–Trinajstić information content (AvgIpc) is 2.45. The van der Waals surface area contributed by atoms with Crippen LogP contribution in [0.25, 0.3) is 0 Å². The van der Waals surface area contributed by atoms with E-state index in [1.54, 1.807) is 12.1 Å². The van der Waals surface area contributed by atoms with E-state index in [9.17, 15) is 9.90 Å². The first-order valence-corrected chi connectivity index (χ1v) is 7.45. The fourth-order valence-electron chi connectivity index (χ4n) is 2.16. The van der Waals surface area contributed by atoms with Crippen LogP contribution in [0.15, 0.2) is 46.9 Å². The summed E-state index contributed by atoms with van der Waals surface area (Å²) in [5.74, 6) is -0.863. The molecular formula is C17H17BrO3. The Labute approximate surface area is 132 Å². The van der Waals surface area contributed by atoms with Gasteiger partial charge < -0.3 is 9.84 Å². The zero-order chi connectivity index (χ0) is 15.4. The Bertz CT molecular complexity index is 615. The number of rotatable bonds is 5. The first kappa shape index (κ1) is 15.6. The quantitative estimate of drug-likeness (QED) is 0.875. The van der Waals surface area contributed by atoms with Gasteiger partial charge in [0.15, 0.2) is 0 Å². The molecule has 2 rings (SSSR count). The van der Waals surface area contributed by atoms with E-state index in [4.69, 9.17) is 4.74 Å². The predicted octanol–water partition coefficient (Wildman–Crippen LogP) is 4.31. The van der Waals surface area contributed by atoms with Gasteiger partial charge in [0.25, 0.3) is 0 Å². The highest BCUT2D eigenvalue weighted by Crippen LogP contribution is 2.27. The molecule has 0 radical (unpaired) electrons. The Hall–Kier alpha value is -1.81. The molecule has 0 saturated carbocycles. The van der Waals surface area contributed by atoms with E-state index in [1.165, 1.54) is 0 Å². The van der Waals surface area contributed by atoms with Gasteiger partial charge in [-0.15, -0.1) is 0 Å². The largest absolute Gasteiger partial charge is 0.492 e. The second-order valence-electron chi connectivity index (χ2n) is 4.98. The van der Waals surface area contributed by atoms with Gasteiger partial charge in [-0.3, -0.25) is 4.79 Å².